The van der Waals surface area contributed by atoms with E-state index in [1.807, 2.05) is 11.3 Å². The second kappa shape index (κ2) is 6.42. The van der Waals surface area contributed by atoms with Crippen molar-refractivity contribution in [1.82, 2.24) is 14.4 Å². The molecule has 0 aliphatic carbocycles. The van der Waals surface area contributed by atoms with Gasteiger partial charge >= 0.3 is 5.97 Å². The molecule has 6 heteroatoms. The van der Waals surface area contributed by atoms with Gasteiger partial charge in [0.15, 0.2) is 11.3 Å². The highest BCUT2D eigenvalue weighted by Crippen LogP contribution is 2.31. The Hall–Kier alpha value is -2.11. The van der Waals surface area contributed by atoms with Crippen LogP contribution in [0, 0.1) is 12.3 Å². The summed E-state index contributed by atoms with van der Waals surface area (Å²) in [5, 5.41) is 3.58. The van der Waals surface area contributed by atoms with E-state index in [4.69, 9.17) is 4.74 Å². The molecule has 2 aromatic heterocycles. The summed E-state index contributed by atoms with van der Waals surface area (Å²) in [5.74, 6) is 0.456. The number of nitrogens with zero attached hydrogens (tertiary/aromatic N) is 3. The Morgan fingerprint density at radius 1 is 1.29 bits per heavy atom. The molecule has 6 nitrogen and oxygen atoms in total. The third-order valence-corrected chi connectivity index (χ3v) is 3.60. The number of carbonyl (C=O) groups excluding carboxylic acids is 1. The molecule has 2 rings (SSSR count). The van der Waals surface area contributed by atoms with Gasteiger partial charge in [-0.05, 0) is 39.5 Å². The van der Waals surface area contributed by atoms with Crippen molar-refractivity contribution in [1.29, 1.82) is 0 Å². The Morgan fingerprint density at radius 2 is 1.96 bits per heavy atom. The molecule has 0 spiro atoms. The summed E-state index contributed by atoms with van der Waals surface area (Å²) < 4.78 is 6.91. The first-order chi connectivity index (χ1) is 11.0. The highest BCUT2D eigenvalue weighted by molar-refractivity contribution is 5.87. The van der Waals surface area contributed by atoms with E-state index in [2.05, 4.69) is 49.9 Å². The number of aryl methyl sites for hydroxylation is 1. The molecule has 24 heavy (non-hydrogen) atoms. The third kappa shape index (κ3) is 4.24. The molecule has 0 bridgehead atoms. The first kappa shape index (κ1) is 18.2. The van der Waals surface area contributed by atoms with Crippen LogP contribution in [0.4, 0.5) is 5.82 Å². The Bertz CT molecular complexity index is 741. The summed E-state index contributed by atoms with van der Waals surface area (Å²) >= 11 is 0. The maximum atomic E-state index is 11.9. The number of fused-ring (bicyclic) bond motifs is 1. The second-order valence-electron chi connectivity index (χ2n) is 8.01. The van der Waals surface area contributed by atoms with Crippen LogP contribution >= 0.6 is 0 Å². The number of ether oxygens (including phenoxy) is 1. The SMILES string of the molecule is CCOC(=O)c1cn2c(NC(C)(C)CC(C)(C)C)c(C)nc2cn1. The summed E-state index contributed by atoms with van der Waals surface area (Å²) in [7, 11) is 0. The zero-order chi connectivity index (χ0) is 18.1. The first-order valence-corrected chi connectivity index (χ1v) is 8.32. The van der Waals surface area contributed by atoms with Crippen molar-refractivity contribution in [2.75, 3.05) is 11.9 Å². The van der Waals surface area contributed by atoms with Crippen LogP contribution in [0.3, 0.4) is 0 Å². The van der Waals surface area contributed by atoms with Crippen LogP contribution in [0.25, 0.3) is 5.65 Å². The average Bonchev–Trinajstić information content (AvgIpc) is 2.71. The predicted molar refractivity (Wildman–Crippen MR) is 95.5 cm³/mol. The minimum atomic E-state index is -0.425. The van der Waals surface area contributed by atoms with Gasteiger partial charge < -0.3 is 10.1 Å². The summed E-state index contributed by atoms with van der Waals surface area (Å²) in [6, 6.07) is 0. The van der Waals surface area contributed by atoms with Gasteiger partial charge in [-0.1, -0.05) is 20.8 Å². The molecule has 1 N–H and O–H groups in total. The molecule has 0 unspecified atom stereocenters. The van der Waals surface area contributed by atoms with E-state index in [9.17, 15) is 4.79 Å². The molecule has 0 saturated carbocycles. The Labute approximate surface area is 143 Å². The summed E-state index contributed by atoms with van der Waals surface area (Å²) in [4.78, 5) is 20.6. The van der Waals surface area contributed by atoms with Crippen molar-refractivity contribution in [3.8, 4) is 0 Å². The maximum absolute atomic E-state index is 11.9. The van der Waals surface area contributed by atoms with E-state index < -0.39 is 5.97 Å². The topological polar surface area (TPSA) is 68.5 Å². The lowest BCUT2D eigenvalue weighted by atomic mass is 9.82. The number of aromatic nitrogens is 3. The number of hydrogen-bond acceptors (Lipinski definition) is 5. The summed E-state index contributed by atoms with van der Waals surface area (Å²) in [5.41, 5.74) is 1.93. The molecule has 132 valence electrons. The number of hydrogen-bond donors (Lipinski definition) is 1. The van der Waals surface area contributed by atoms with Gasteiger partial charge in [0.25, 0.3) is 0 Å². The predicted octanol–water partition coefficient (Wildman–Crippen LogP) is 3.84. The quantitative estimate of drug-likeness (QED) is 0.843. The van der Waals surface area contributed by atoms with Crippen LogP contribution in [-0.2, 0) is 4.74 Å². The van der Waals surface area contributed by atoms with Crippen molar-refractivity contribution < 1.29 is 9.53 Å². The molecule has 0 saturated heterocycles. The number of nitrogens with one attached hydrogen (secondary N) is 1. The molecule has 0 radical (unpaired) electrons. The van der Waals surface area contributed by atoms with Crippen molar-refractivity contribution in [3.05, 3.63) is 23.8 Å². The van der Waals surface area contributed by atoms with E-state index >= 15 is 0 Å². The van der Waals surface area contributed by atoms with E-state index in [1.165, 1.54) is 0 Å². The van der Waals surface area contributed by atoms with Crippen LogP contribution in [0.5, 0.6) is 0 Å². The first-order valence-electron chi connectivity index (χ1n) is 8.32. The van der Waals surface area contributed by atoms with Gasteiger partial charge in [-0.2, -0.15) is 0 Å². The van der Waals surface area contributed by atoms with Crippen LogP contribution in [0.2, 0.25) is 0 Å². The lowest BCUT2D eigenvalue weighted by Gasteiger charge is -2.34. The van der Waals surface area contributed by atoms with Gasteiger partial charge in [0, 0.05) is 11.7 Å². The van der Waals surface area contributed by atoms with E-state index in [0.29, 0.717) is 12.3 Å². The van der Waals surface area contributed by atoms with Crippen LogP contribution in [-0.4, -0.2) is 32.5 Å². The number of carbonyl (C=O) groups is 1. The lowest BCUT2D eigenvalue weighted by Crippen LogP contribution is -2.36. The van der Waals surface area contributed by atoms with Gasteiger partial charge in [-0.15, -0.1) is 0 Å². The average molecular weight is 332 g/mol. The molecule has 0 aliphatic heterocycles. The van der Waals surface area contributed by atoms with Gasteiger partial charge in [-0.3, -0.25) is 4.40 Å². The monoisotopic (exact) mass is 332 g/mol. The zero-order valence-electron chi connectivity index (χ0n) is 15.7. The van der Waals surface area contributed by atoms with Crippen molar-refractivity contribution >= 4 is 17.4 Å². The smallest absolute Gasteiger partial charge is 0.358 e. The summed E-state index contributed by atoms with van der Waals surface area (Å²) in [6.07, 6.45) is 4.27. The largest absolute Gasteiger partial charge is 0.461 e. The van der Waals surface area contributed by atoms with Crippen LogP contribution in [0.1, 0.15) is 64.1 Å². The Balaban J connectivity index is 2.40. The number of anilines is 1. The fourth-order valence-electron chi connectivity index (χ4n) is 3.22. The van der Waals surface area contributed by atoms with Gasteiger partial charge in [0.1, 0.15) is 5.82 Å². The molecule has 2 aromatic rings. The molecule has 0 fully saturated rings. The Morgan fingerprint density at radius 3 is 2.54 bits per heavy atom. The fraction of sp³-hybridized carbons (Fsp3) is 0.611. The lowest BCUT2D eigenvalue weighted by molar-refractivity contribution is 0.0519. The van der Waals surface area contributed by atoms with Gasteiger partial charge in [0.05, 0.1) is 18.5 Å². The number of rotatable bonds is 5. The van der Waals surface area contributed by atoms with E-state index in [-0.39, 0.29) is 16.6 Å². The minimum Gasteiger partial charge on any atom is -0.461 e. The third-order valence-electron chi connectivity index (χ3n) is 3.60. The highest BCUT2D eigenvalue weighted by atomic mass is 16.5. The standard InChI is InChI=1S/C18H28N4O2/c1-8-24-16(23)13-10-22-14(9-19-13)20-12(2)15(22)21-18(6,7)11-17(3,4)5/h9-10,21H,8,11H2,1-7H3. The molecule has 0 atom stereocenters. The van der Waals surface area contributed by atoms with E-state index in [1.54, 1.807) is 19.3 Å². The molecule has 0 aliphatic rings. The molecule has 0 aromatic carbocycles. The normalized spacial score (nSPS) is 12.5. The molecular weight excluding hydrogens is 304 g/mol. The number of esters is 1. The van der Waals surface area contributed by atoms with Gasteiger partial charge in [-0.25, -0.2) is 14.8 Å². The van der Waals surface area contributed by atoms with Crippen molar-refractivity contribution in [2.24, 2.45) is 5.41 Å². The van der Waals surface area contributed by atoms with Crippen molar-refractivity contribution in [2.45, 2.75) is 60.4 Å². The number of imidazole rings is 1. The fourth-order valence-corrected chi connectivity index (χ4v) is 3.22. The zero-order valence-corrected chi connectivity index (χ0v) is 15.7. The second-order valence-corrected chi connectivity index (χ2v) is 8.01. The molecule has 2 heterocycles. The van der Waals surface area contributed by atoms with Crippen molar-refractivity contribution in [3.63, 3.8) is 0 Å². The van der Waals surface area contributed by atoms with E-state index in [0.717, 1.165) is 17.9 Å². The maximum Gasteiger partial charge on any atom is 0.358 e. The molecule has 0 amide bonds. The highest BCUT2D eigenvalue weighted by Gasteiger charge is 2.27. The minimum absolute atomic E-state index is 0.119. The summed E-state index contributed by atoms with van der Waals surface area (Å²) in [6.45, 7) is 15.1. The van der Waals surface area contributed by atoms with Crippen LogP contribution < -0.4 is 5.32 Å². The Kier molecular flexibility index (Phi) is 4.87. The van der Waals surface area contributed by atoms with Crippen LogP contribution in [0.15, 0.2) is 12.4 Å². The van der Waals surface area contributed by atoms with Gasteiger partial charge in [0.2, 0.25) is 0 Å². The molecular formula is C18H28N4O2.